The van der Waals surface area contributed by atoms with Gasteiger partial charge < -0.3 is 10.1 Å². The van der Waals surface area contributed by atoms with E-state index >= 15 is 0 Å². The maximum Gasteiger partial charge on any atom is 0.309 e. The fourth-order valence-corrected chi connectivity index (χ4v) is 2.67. The van der Waals surface area contributed by atoms with E-state index < -0.39 is 0 Å². The molecule has 5 nitrogen and oxygen atoms in total. The van der Waals surface area contributed by atoms with Crippen LogP contribution in [0.15, 0.2) is 36.4 Å². The SMILES string of the molecule is CC(C)CC(=O)Nc1ccc(C(=O)COC(=O)[C@@H]2CC=CCC2)cc1. The first-order valence-corrected chi connectivity index (χ1v) is 8.70. The summed E-state index contributed by atoms with van der Waals surface area (Å²) in [6, 6.07) is 6.62. The fraction of sp³-hybridized carbons (Fsp3) is 0.450. The van der Waals surface area contributed by atoms with Gasteiger partial charge in [0.25, 0.3) is 0 Å². The second kappa shape index (κ2) is 9.16. The molecular weight excluding hydrogens is 318 g/mol. The minimum atomic E-state index is -0.310. The predicted molar refractivity (Wildman–Crippen MR) is 96.3 cm³/mol. The summed E-state index contributed by atoms with van der Waals surface area (Å²) in [7, 11) is 0. The van der Waals surface area contributed by atoms with Gasteiger partial charge in [-0.25, -0.2) is 0 Å². The minimum absolute atomic E-state index is 0.0514. The monoisotopic (exact) mass is 343 g/mol. The number of anilines is 1. The van der Waals surface area contributed by atoms with Gasteiger partial charge in [-0.05, 0) is 49.4 Å². The Morgan fingerprint density at radius 1 is 1.16 bits per heavy atom. The van der Waals surface area contributed by atoms with Crippen LogP contribution >= 0.6 is 0 Å². The van der Waals surface area contributed by atoms with Crippen LogP contribution in [0.2, 0.25) is 0 Å². The Morgan fingerprint density at radius 3 is 2.48 bits per heavy atom. The van der Waals surface area contributed by atoms with Crippen molar-refractivity contribution in [2.24, 2.45) is 11.8 Å². The van der Waals surface area contributed by atoms with Gasteiger partial charge in [-0.2, -0.15) is 0 Å². The van der Waals surface area contributed by atoms with Crippen LogP contribution in [0.25, 0.3) is 0 Å². The fourth-order valence-electron chi connectivity index (χ4n) is 2.67. The van der Waals surface area contributed by atoms with E-state index in [0.29, 0.717) is 24.1 Å². The van der Waals surface area contributed by atoms with Crippen LogP contribution in [0.3, 0.4) is 0 Å². The lowest BCUT2D eigenvalue weighted by atomic mass is 9.95. The number of rotatable bonds is 7. The number of Topliss-reactive ketones (excluding diaryl/α,β-unsaturated/α-hetero) is 1. The highest BCUT2D eigenvalue weighted by atomic mass is 16.5. The van der Waals surface area contributed by atoms with Crippen molar-refractivity contribution in [1.29, 1.82) is 0 Å². The molecule has 1 aromatic rings. The average Bonchev–Trinajstić information content (AvgIpc) is 2.60. The Morgan fingerprint density at radius 2 is 1.88 bits per heavy atom. The Kier molecular flexibility index (Phi) is 6.92. The summed E-state index contributed by atoms with van der Waals surface area (Å²) >= 11 is 0. The number of allylic oxidation sites excluding steroid dienone is 2. The van der Waals surface area contributed by atoms with Crippen molar-refractivity contribution in [3.63, 3.8) is 0 Å². The van der Waals surface area contributed by atoms with Crippen LogP contribution < -0.4 is 5.32 Å². The number of benzene rings is 1. The Hall–Kier alpha value is -2.43. The molecule has 5 heteroatoms. The van der Waals surface area contributed by atoms with Crippen LogP contribution in [0.4, 0.5) is 5.69 Å². The van der Waals surface area contributed by atoms with Gasteiger partial charge in [0.1, 0.15) is 0 Å². The van der Waals surface area contributed by atoms with Crippen molar-refractivity contribution >= 4 is 23.3 Å². The van der Waals surface area contributed by atoms with E-state index in [9.17, 15) is 14.4 Å². The summed E-state index contributed by atoms with van der Waals surface area (Å²) < 4.78 is 5.14. The first-order valence-electron chi connectivity index (χ1n) is 8.70. The predicted octanol–water partition coefficient (Wildman–Crippen LogP) is 3.75. The van der Waals surface area contributed by atoms with E-state index in [1.165, 1.54) is 0 Å². The number of nitrogens with one attached hydrogen (secondary N) is 1. The van der Waals surface area contributed by atoms with Gasteiger partial charge in [0.05, 0.1) is 5.92 Å². The third kappa shape index (κ3) is 6.18. The smallest absolute Gasteiger partial charge is 0.309 e. The second-order valence-corrected chi connectivity index (χ2v) is 6.74. The summed E-state index contributed by atoms with van der Waals surface area (Å²) in [5.74, 6) is -0.467. The van der Waals surface area contributed by atoms with E-state index in [2.05, 4.69) is 11.4 Å². The summed E-state index contributed by atoms with van der Waals surface area (Å²) in [5, 5.41) is 2.79. The largest absolute Gasteiger partial charge is 0.457 e. The van der Waals surface area contributed by atoms with Crippen LogP contribution in [0.1, 0.15) is 49.9 Å². The highest BCUT2D eigenvalue weighted by molar-refractivity contribution is 5.99. The zero-order chi connectivity index (χ0) is 18.2. The molecule has 0 fully saturated rings. The Bertz CT molecular complexity index is 646. The standard InChI is InChI=1S/C20H25NO4/c1-14(2)12-19(23)21-17-10-8-15(9-11-17)18(22)13-25-20(24)16-6-4-3-5-7-16/h3-4,8-11,14,16H,5-7,12-13H2,1-2H3,(H,21,23)/t16-/m1/s1. The number of carbonyl (C=O) groups excluding carboxylic acids is 3. The Labute approximate surface area is 148 Å². The molecule has 0 radical (unpaired) electrons. The maximum atomic E-state index is 12.1. The summed E-state index contributed by atoms with van der Waals surface area (Å²) in [5.41, 5.74) is 1.10. The second-order valence-electron chi connectivity index (χ2n) is 6.74. The number of esters is 1. The molecule has 0 aliphatic heterocycles. The van der Waals surface area contributed by atoms with Crippen molar-refractivity contribution < 1.29 is 19.1 Å². The molecule has 0 aromatic heterocycles. The average molecular weight is 343 g/mol. The number of ketones is 1. The van der Waals surface area contributed by atoms with Gasteiger partial charge in [-0.1, -0.05) is 26.0 Å². The van der Waals surface area contributed by atoms with E-state index in [1.54, 1.807) is 24.3 Å². The molecule has 0 spiro atoms. The van der Waals surface area contributed by atoms with E-state index in [1.807, 2.05) is 19.9 Å². The lowest BCUT2D eigenvalue weighted by Crippen LogP contribution is -2.22. The first kappa shape index (κ1) is 18.9. The molecule has 25 heavy (non-hydrogen) atoms. The van der Waals surface area contributed by atoms with Crippen molar-refractivity contribution in [3.8, 4) is 0 Å². The molecular formula is C20H25NO4. The van der Waals surface area contributed by atoms with Gasteiger partial charge in [0.2, 0.25) is 5.91 Å². The van der Waals surface area contributed by atoms with Crippen molar-refractivity contribution in [1.82, 2.24) is 0 Å². The molecule has 1 aliphatic carbocycles. The topological polar surface area (TPSA) is 72.5 Å². The molecule has 134 valence electrons. The number of hydrogen-bond donors (Lipinski definition) is 1. The van der Waals surface area contributed by atoms with Crippen LogP contribution in [-0.2, 0) is 14.3 Å². The molecule has 1 amide bonds. The number of hydrogen-bond acceptors (Lipinski definition) is 4. The number of carbonyl (C=O) groups is 3. The highest BCUT2D eigenvalue weighted by Crippen LogP contribution is 2.19. The lowest BCUT2D eigenvalue weighted by molar-refractivity contribution is -0.147. The third-order valence-corrected chi connectivity index (χ3v) is 4.03. The van der Waals surface area contributed by atoms with Gasteiger partial charge in [-0.15, -0.1) is 0 Å². The zero-order valence-corrected chi connectivity index (χ0v) is 14.8. The van der Waals surface area contributed by atoms with Crippen molar-refractivity contribution in [3.05, 3.63) is 42.0 Å². The molecule has 1 aliphatic rings. The summed E-state index contributed by atoms with van der Waals surface area (Å²) in [6.07, 6.45) is 6.80. The van der Waals surface area contributed by atoms with Crippen LogP contribution in [0.5, 0.6) is 0 Å². The molecule has 0 heterocycles. The zero-order valence-electron chi connectivity index (χ0n) is 14.8. The van der Waals surface area contributed by atoms with Gasteiger partial charge >= 0.3 is 5.97 Å². The van der Waals surface area contributed by atoms with Crippen molar-refractivity contribution in [2.45, 2.75) is 39.5 Å². The quantitative estimate of drug-likeness (QED) is 0.465. The number of ether oxygens (including phenoxy) is 1. The molecule has 0 saturated carbocycles. The maximum absolute atomic E-state index is 12.1. The van der Waals surface area contributed by atoms with Crippen LogP contribution in [-0.4, -0.2) is 24.3 Å². The third-order valence-electron chi connectivity index (χ3n) is 4.03. The molecule has 1 aromatic carbocycles. The van der Waals surface area contributed by atoms with Gasteiger partial charge in [0.15, 0.2) is 12.4 Å². The molecule has 0 saturated heterocycles. The number of amides is 1. The van der Waals surface area contributed by atoms with Crippen molar-refractivity contribution in [2.75, 3.05) is 11.9 Å². The summed E-state index contributed by atoms with van der Waals surface area (Å²) in [4.78, 5) is 35.8. The van der Waals surface area contributed by atoms with E-state index in [4.69, 9.17) is 4.74 Å². The molecule has 1 atom stereocenters. The van der Waals surface area contributed by atoms with E-state index in [0.717, 1.165) is 12.8 Å². The lowest BCUT2D eigenvalue weighted by Gasteiger charge is -2.16. The first-order chi connectivity index (χ1) is 12.0. The molecule has 2 rings (SSSR count). The normalized spacial score (nSPS) is 16.5. The van der Waals surface area contributed by atoms with Gasteiger partial charge in [-0.3, -0.25) is 14.4 Å². The summed E-state index contributed by atoms with van der Waals surface area (Å²) in [6.45, 7) is 3.70. The van der Waals surface area contributed by atoms with E-state index in [-0.39, 0.29) is 36.1 Å². The molecule has 1 N–H and O–H groups in total. The minimum Gasteiger partial charge on any atom is -0.457 e. The molecule has 0 unspecified atom stereocenters. The van der Waals surface area contributed by atoms with Gasteiger partial charge in [0, 0.05) is 17.7 Å². The highest BCUT2D eigenvalue weighted by Gasteiger charge is 2.21. The van der Waals surface area contributed by atoms with Crippen LogP contribution in [0, 0.1) is 11.8 Å². The molecule has 0 bridgehead atoms. The Balaban J connectivity index is 1.82.